The molecular weight excluding hydrogens is 136 g/mol. The first-order valence-electron chi connectivity index (χ1n) is 4.77. The molecule has 0 aromatic rings. The molecule has 0 heterocycles. The van der Waals surface area contributed by atoms with Gasteiger partial charge in [0.25, 0.3) is 0 Å². The molecule has 1 unspecified atom stereocenters. The summed E-state index contributed by atoms with van der Waals surface area (Å²) in [5.41, 5.74) is 0.547. The van der Waals surface area contributed by atoms with E-state index in [2.05, 4.69) is 13.8 Å². The second-order valence-corrected chi connectivity index (χ2v) is 4.88. The molecule has 0 saturated heterocycles. The van der Waals surface area contributed by atoms with E-state index in [1.165, 1.54) is 19.3 Å². The van der Waals surface area contributed by atoms with Crippen molar-refractivity contribution < 1.29 is 5.11 Å². The Morgan fingerprint density at radius 1 is 1.36 bits per heavy atom. The summed E-state index contributed by atoms with van der Waals surface area (Å²) in [4.78, 5) is 0. The van der Waals surface area contributed by atoms with Gasteiger partial charge in [0.05, 0.1) is 0 Å². The van der Waals surface area contributed by atoms with Crippen LogP contribution in [0.5, 0.6) is 0 Å². The molecule has 3 aliphatic carbocycles. The fraction of sp³-hybridized carbons (Fsp3) is 1.00. The molecule has 3 aliphatic rings. The van der Waals surface area contributed by atoms with Gasteiger partial charge in [0.1, 0.15) is 0 Å². The highest BCUT2D eigenvalue weighted by Gasteiger charge is 2.53. The summed E-state index contributed by atoms with van der Waals surface area (Å²) in [6.45, 7) is 5.15. The topological polar surface area (TPSA) is 20.2 Å². The van der Waals surface area contributed by atoms with Crippen molar-refractivity contribution in [1.29, 1.82) is 0 Å². The highest BCUT2D eigenvalue weighted by molar-refractivity contribution is 5.02. The van der Waals surface area contributed by atoms with E-state index in [-0.39, 0.29) is 0 Å². The second-order valence-electron chi connectivity index (χ2n) is 4.88. The standard InChI is InChI=1S/C10H18O/c1-10(2)8-4-3-7(6-11)9(10)5-8/h7-9,11H,3-6H2,1-2H3/t7?,8-,9+/m1/s1. The molecule has 64 valence electrons. The Bertz CT molecular complexity index is 160. The second kappa shape index (κ2) is 2.22. The fourth-order valence-corrected chi connectivity index (χ4v) is 3.18. The monoisotopic (exact) mass is 154 g/mol. The minimum Gasteiger partial charge on any atom is -0.396 e. The number of hydrogen-bond donors (Lipinski definition) is 1. The van der Waals surface area contributed by atoms with Crippen LogP contribution < -0.4 is 0 Å². The maximum absolute atomic E-state index is 9.12. The Labute approximate surface area is 68.8 Å². The Balaban J connectivity index is 2.10. The van der Waals surface area contributed by atoms with Crippen molar-refractivity contribution in [3.63, 3.8) is 0 Å². The Hall–Kier alpha value is -0.0400. The molecule has 1 nitrogen and oxygen atoms in total. The zero-order chi connectivity index (χ0) is 8.06. The van der Waals surface area contributed by atoms with E-state index >= 15 is 0 Å². The maximum atomic E-state index is 9.12. The van der Waals surface area contributed by atoms with Crippen LogP contribution in [0.15, 0.2) is 0 Å². The van der Waals surface area contributed by atoms with E-state index in [1.54, 1.807) is 0 Å². The van der Waals surface area contributed by atoms with Gasteiger partial charge in [-0.25, -0.2) is 0 Å². The van der Waals surface area contributed by atoms with Gasteiger partial charge < -0.3 is 5.11 Å². The summed E-state index contributed by atoms with van der Waals surface area (Å²) < 4.78 is 0. The van der Waals surface area contributed by atoms with Gasteiger partial charge in [0.15, 0.2) is 0 Å². The van der Waals surface area contributed by atoms with Gasteiger partial charge in [-0.05, 0) is 42.4 Å². The van der Waals surface area contributed by atoms with E-state index in [4.69, 9.17) is 5.11 Å². The first-order valence-corrected chi connectivity index (χ1v) is 4.77. The Morgan fingerprint density at radius 2 is 2.09 bits per heavy atom. The van der Waals surface area contributed by atoms with Crippen LogP contribution >= 0.6 is 0 Å². The highest BCUT2D eigenvalue weighted by Crippen LogP contribution is 2.61. The predicted octanol–water partition coefficient (Wildman–Crippen LogP) is 2.05. The molecule has 3 rings (SSSR count). The summed E-state index contributed by atoms with van der Waals surface area (Å²) >= 11 is 0. The smallest absolute Gasteiger partial charge is 0.0462 e. The quantitative estimate of drug-likeness (QED) is 0.613. The number of rotatable bonds is 1. The lowest BCUT2D eigenvalue weighted by molar-refractivity contribution is -0.116. The van der Waals surface area contributed by atoms with Gasteiger partial charge in [0, 0.05) is 6.61 Å². The molecule has 0 aromatic carbocycles. The molecule has 0 radical (unpaired) electrons. The van der Waals surface area contributed by atoms with Crippen LogP contribution in [0.25, 0.3) is 0 Å². The number of aliphatic hydroxyl groups is 1. The van der Waals surface area contributed by atoms with Crippen LogP contribution in [0.3, 0.4) is 0 Å². The van der Waals surface area contributed by atoms with Crippen molar-refractivity contribution in [3.05, 3.63) is 0 Å². The molecule has 0 amide bonds. The first kappa shape index (κ1) is 7.60. The molecule has 0 aliphatic heterocycles. The molecule has 3 saturated carbocycles. The van der Waals surface area contributed by atoms with Crippen LogP contribution in [0, 0.1) is 23.2 Å². The molecule has 3 atom stereocenters. The molecule has 0 aromatic heterocycles. The van der Waals surface area contributed by atoms with Crippen molar-refractivity contribution in [2.24, 2.45) is 23.2 Å². The van der Waals surface area contributed by atoms with Crippen LogP contribution in [-0.4, -0.2) is 11.7 Å². The molecule has 1 heteroatoms. The van der Waals surface area contributed by atoms with Crippen LogP contribution in [0.4, 0.5) is 0 Å². The average molecular weight is 154 g/mol. The van der Waals surface area contributed by atoms with E-state index < -0.39 is 0 Å². The molecule has 2 bridgehead atoms. The summed E-state index contributed by atoms with van der Waals surface area (Å²) in [6, 6.07) is 0. The lowest BCUT2D eigenvalue weighted by Crippen LogP contribution is -2.53. The van der Waals surface area contributed by atoms with E-state index in [0.29, 0.717) is 17.9 Å². The van der Waals surface area contributed by atoms with Gasteiger partial charge in [-0.1, -0.05) is 13.8 Å². The van der Waals surface area contributed by atoms with Gasteiger partial charge >= 0.3 is 0 Å². The fourth-order valence-electron chi connectivity index (χ4n) is 3.18. The Morgan fingerprint density at radius 3 is 2.45 bits per heavy atom. The zero-order valence-corrected chi connectivity index (χ0v) is 7.51. The molecular formula is C10H18O. The minimum absolute atomic E-state index is 0.417. The Kier molecular flexibility index (Phi) is 1.54. The highest BCUT2D eigenvalue weighted by atomic mass is 16.3. The number of hydrogen-bond acceptors (Lipinski definition) is 1. The van der Waals surface area contributed by atoms with E-state index in [0.717, 1.165) is 11.8 Å². The van der Waals surface area contributed by atoms with E-state index in [9.17, 15) is 0 Å². The van der Waals surface area contributed by atoms with Crippen molar-refractivity contribution in [2.75, 3.05) is 6.61 Å². The van der Waals surface area contributed by atoms with Gasteiger partial charge in [0.2, 0.25) is 0 Å². The number of aliphatic hydroxyl groups excluding tert-OH is 1. The zero-order valence-electron chi connectivity index (χ0n) is 7.51. The van der Waals surface area contributed by atoms with Crippen LogP contribution in [0.1, 0.15) is 33.1 Å². The summed E-state index contributed by atoms with van der Waals surface area (Å²) in [5.74, 6) is 2.41. The minimum atomic E-state index is 0.417. The lowest BCUT2D eigenvalue weighted by Gasteiger charge is -2.59. The van der Waals surface area contributed by atoms with Crippen molar-refractivity contribution in [3.8, 4) is 0 Å². The van der Waals surface area contributed by atoms with Crippen LogP contribution in [-0.2, 0) is 0 Å². The number of fused-ring (bicyclic) bond motifs is 2. The maximum Gasteiger partial charge on any atom is 0.0462 e. The molecule has 3 fully saturated rings. The summed E-state index contributed by atoms with van der Waals surface area (Å²) in [6.07, 6.45) is 4.02. The first-order chi connectivity index (χ1) is 5.16. The average Bonchev–Trinajstić information content (AvgIpc) is 2.04. The third-order valence-electron chi connectivity index (χ3n) is 4.24. The third-order valence-corrected chi connectivity index (χ3v) is 4.24. The van der Waals surface area contributed by atoms with Gasteiger partial charge in [-0.15, -0.1) is 0 Å². The summed E-state index contributed by atoms with van der Waals surface area (Å²) in [7, 11) is 0. The van der Waals surface area contributed by atoms with Gasteiger partial charge in [-0.3, -0.25) is 0 Å². The molecule has 0 spiro atoms. The molecule has 11 heavy (non-hydrogen) atoms. The van der Waals surface area contributed by atoms with Crippen molar-refractivity contribution in [1.82, 2.24) is 0 Å². The predicted molar refractivity (Wildman–Crippen MR) is 45.2 cm³/mol. The summed E-state index contributed by atoms with van der Waals surface area (Å²) in [5, 5.41) is 9.12. The van der Waals surface area contributed by atoms with E-state index in [1.807, 2.05) is 0 Å². The van der Waals surface area contributed by atoms with Crippen molar-refractivity contribution >= 4 is 0 Å². The normalized spacial score (nSPS) is 46.6. The lowest BCUT2D eigenvalue weighted by atomic mass is 9.46. The SMILES string of the molecule is CC1(C)[C@@H]2CCC(CO)[C@@H]1C2. The largest absolute Gasteiger partial charge is 0.396 e. The van der Waals surface area contributed by atoms with Crippen molar-refractivity contribution in [2.45, 2.75) is 33.1 Å². The van der Waals surface area contributed by atoms with Gasteiger partial charge in [-0.2, -0.15) is 0 Å². The van der Waals surface area contributed by atoms with Crippen LogP contribution in [0.2, 0.25) is 0 Å². The third kappa shape index (κ3) is 0.868. The molecule has 1 N–H and O–H groups in total.